The fourth-order valence-corrected chi connectivity index (χ4v) is 4.61. The molecule has 4 nitrogen and oxygen atoms in total. The Labute approximate surface area is 237 Å². The zero-order chi connectivity index (χ0) is 30.7. The lowest BCUT2D eigenvalue weighted by Gasteiger charge is -2.38. The first-order valence-corrected chi connectivity index (χ1v) is 12.6. The molecule has 0 N–H and O–H groups in total. The van der Waals surface area contributed by atoms with Gasteiger partial charge in [0.1, 0.15) is 11.5 Å². The van der Waals surface area contributed by atoms with Gasteiger partial charge in [0.2, 0.25) is 5.41 Å². The number of carbonyl (C=O) groups is 2. The predicted molar refractivity (Wildman–Crippen MR) is 143 cm³/mol. The van der Waals surface area contributed by atoms with E-state index in [1.54, 1.807) is 24.3 Å². The second-order valence-electron chi connectivity index (χ2n) is 9.51. The average Bonchev–Trinajstić information content (AvgIpc) is 2.94. The van der Waals surface area contributed by atoms with Crippen LogP contribution in [0.5, 0.6) is 11.5 Å². The van der Waals surface area contributed by atoms with E-state index in [1.165, 1.54) is 26.2 Å². The highest BCUT2D eigenvalue weighted by Crippen LogP contribution is 2.56. The molecule has 0 fully saturated rings. The number of hydrogen-bond donors (Lipinski definition) is 0. The summed E-state index contributed by atoms with van der Waals surface area (Å²) in [6.45, 7) is 1.47. The van der Waals surface area contributed by atoms with Crippen LogP contribution in [0.15, 0.2) is 97.1 Å². The standard InChI is InChI=1S/C32H24F6O4/c1-20(39)23-7-3-21(4-8-23)19-22-5-9-24(10-6-22)29(40)42-28-17-13-26(14-18-28)30(31(33,34)35,32(36,37)38)25-11-15-27(41-2)16-12-25/h3-18H,19H2,1-2H3. The molecule has 0 spiro atoms. The molecule has 0 radical (unpaired) electrons. The zero-order valence-electron chi connectivity index (χ0n) is 22.3. The Morgan fingerprint density at radius 3 is 1.38 bits per heavy atom. The molecule has 0 heterocycles. The van der Waals surface area contributed by atoms with Crippen LogP contribution in [0.1, 0.15) is 49.9 Å². The monoisotopic (exact) mass is 586 g/mol. The molecule has 0 aliphatic heterocycles. The maximum atomic E-state index is 14.3. The minimum absolute atomic E-state index is 0.0451. The summed E-state index contributed by atoms with van der Waals surface area (Å²) >= 11 is 0. The van der Waals surface area contributed by atoms with Gasteiger partial charge in [-0.25, -0.2) is 4.79 Å². The summed E-state index contributed by atoms with van der Waals surface area (Å²) in [6.07, 6.45) is -11.0. The Bertz CT molecular complexity index is 1520. The molecule has 0 saturated carbocycles. The van der Waals surface area contributed by atoms with Crippen molar-refractivity contribution in [3.05, 3.63) is 130 Å². The summed E-state index contributed by atoms with van der Waals surface area (Å²) in [7, 11) is 1.24. The number of benzene rings is 4. The van der Waals surface area contributed by atoms with Crippen LogP contribution in [0.3, 0.4) is 0 Å². The van der Waals surface area contributed by atoms with Gasteiger partial charge in [-0.1, -0.05) is 60.7 Å². The molecule has 0 amide bonds. The SMILES string of the molecule is COc1ccc(C(c2ccc(OC(=O)c3ccc(Cc4ccc(C(C)=O)cc4)cc3)cc2)(C(F)(F)F)C(F)(F)F)cc1. The highest BCUT2D eigenvalue weighted by molar-refractivity contribution is 5.94. The Hall–Kier alpha value is -4.60. The summed E-state index contributed by atoms with van der Waals surface area (Å²) in [6, 6.07) is 20.0. The van der Waals surface area contributed by atoms with E-state index in [0.717, 1.165) is 47.5 Å². The van der Waals surface area contributed by atoms with Crippen molar-refractivity contribution in [2.24, 2.45) is 0 Å². The molecule has 218 valence electrons. The maximum absolute atomic E-state index is 14.3. The smallest absolute Gasteiger partial charge is 0.411 e. The molecule has 0 atom stereocenters. The van der Waals surface area contributed by atoms with Crippen molar-refractivity contribution in [1.82, 2.24) is 0 Å². The van der Waals surface area contributed by atoms with Crippen LogP contribution >= 0.6 is 0 Å². The van der Waals surface area contributed by atoms with Crippen molar-refractivity contribution in [1.29, 1.82) is 0 Å². The van der Waals surface area contributed by atoms with E-state index >= 15 is 0 Å². The molecule has 0 aliphatic carbocycles. The molecule has 0 aliphatic rings. The fraction of sp³-hybridized carbons (Fsp3) is 0.188. The number of carbonyl (C=O) groups excluding carboxylic acids is 2. The number of ether oxygens (including phenoxy) is 2. The average molecular weight is 587 g/mol. The molecule has 0 unspecified atom stereocenters. The van der Waals surface area contributed by atoms with Crippen molar-refractivity contribution in [3.8, 4) is 11.5 Å². The van der Waals surface area contributed by atoms with Crippen LogP contribution in [0.4, 0.5) is 26.3 Å². The number of methoxy groups -OCH3 is 1. The number of ketones is 1. The topological polar surface area (TPSA) is 52.6 Å². The molecule has 10 heteroatoms. The molecule has 4 rings (SSSR count). The van der Waals surface area contributed by atoms with Gasteiger partial charge in [-0.05, 0) is 72.0 Å². The highest BCUT2D eigenvalue weighted by Gasteiger charge is 2.72. The van der Waals surface area contributed by atoms with E-state index in [-0.39, 0.29) is 22.8 Å². The minimum Gasteiger partial charge on any atom is -0.497 e. The molecule has 4 aromatic rings. The summed E-state index contributed by atoms with van der Waals surface area (Å²) in [5, 5.41) is 0. The molecular weight excluding hydrogens is 562 g/mol. The number of Topliss-reactive ketones (excluding diaryl/α,β-unsaturated/α-hetero) is 1. The number of halogens is 6. The Kier molecular flexibility index (Phi) is 8.47. The van der Waals surface area contributed by atoms with Crippen LogP contribution in [-0.2, 0) is 11.8 Å². The van der Waals surface area contributed by atoms with Gasteiger partial charge in [0.15, 0.2) is 5.78 Å². The fourth-order valence-electron chi connectivity index (χ4n) is 4.61. The van der Waals surface area contributed by atoms with E-state index < -0.39 is 34.9 Å². The lowest BCUT2D eigenvalue weighted by molar-refractivity contribution is -0.288. The van der Waals surface area contributed by atoms with Crippen molar-refractivity contribution >= 4 is 11.8 Å². The second kappa shape index (κ2) is 11.7. The van der Waals surface area contributed by atoms with Crippen LogP contribution in [-0.4, -0.2) is 31.2 Å². The third-order valence-corrected chi connectivity index (χ3v) is 6.83. The third kappa shape index (κ3) is 6.02. The molecule has 42 heavy (non-hydrogen) atoms. The first-order chi connectivity index (χ1) is 19.8. The van der Waals surface area contributed by atoms with Gasteiger partial charge in [-0.3, -0.25) is 4.79 Å². The quantitative estimate of drug-likeness (QED) is 0.0906. The molecule has 0 aromatic heterocycles. The van der Waals surface area contributed by atoms with Crippen LogP contribution in [0.25, 0.3) is 0 Å². The lowest BCUT2D eigenvalue weighted by atomic mass is 9.73. The normalized spacial score (nSPS) is 12.1. The Balaban J connectivity index is 1.54. The van der Waals surface area contributed by atoms with E-state index in [4.69, 9.17) is 9.47 Å². The van der Waals surface area contributed by atoms with Crippen LogP contribution < -0.4 is 9.47 Å². The predicted octanol–water partition coefficient (Wildman–Crippen LogP) is 8.12. The van der Waals surface area contributed by atoms with Gasteiger partial charge in [0.05, 0.1) is 12.7 Å². The molecule has 0 bridgehead atoms. The summed E-state index contributed by atoms with van der Waals surface area (Å²) in [4.78, 5) is 24.1. The van der Waals surface area contributed by atoms with Crippen LogP contribution in [0, 0.1) is 0 Å². The van der Waals surface area contributed by atoms with Gasteiger partial charge in [-0.15, -0.1) is 0 Å². The number of rotatable bonds is 8. The van der Waals surface area contributed by atoms with Crippen molar-refractivity contribution in [2.75, 3.05) is 7.11 Å². The van der Waals surface area contributed by atoms with Crippen molar-refractivity contribution in [3.63, 3.8) is 0 Å². The van der Waals surface area contributed by atoms with Gasteiger partial charge in [0, 0.05) is 5.56 Å². The Morgan fingerprint density at radius 2 is 1.00 bits per heavy atom. The second-order valence-corrected chi connectivity index (χ2v) is 9.51. The van der Waals surface area contributed by atoms with E-state index in [9.17, 15) is 35.9 Å². The minimum atomic E-state index is -5.75. The van der Waals surface area contributed by atoms with E-state index in [1.807, 2.05) is 12.1 Å². The summed E-state index contributed by atoms with van der Waals surface area (Å²) in [5.74, 6) is -1.02. The first kappa shape index (κ1) is 30.4. The Morgan fingerprint density at radius 1 is 0.595 bits per heavy atom. The van der Waals surface area contributed by atoms with Crippen molar-refractivity contribution in [2.45, 2.75) is 31.1 Å². The summed E-state index contributed by atoms with van der Waals surface area (Å²) < 4.78 is 96.1. The van der Waals surface area contributed by atoms with E-state index in [2.05, 4.69) is 0 Å². The summed E-state index contributed by atoms with van der Waals surface area (Å²) in [5.41, 5.74) is -3.94. The first-order valence-electron chi connectivity index (χ1n) is 12.6. The van der Waals surface area contributed by atoms with Crippen molar-refractivity contribution < 1.29 is 45.4 Å². The van der Waals surface area contributed by atoms with Gasteiger partial charge in [0.25, 0.3) is 0 Å². The number of alkyl halides is 6. The van der Waals surface area contributed by atoms with Crippen LogP contribution in [0.2, 0.25) is 0 Å². The largest absolute Gasteiger partial charge is 0.497 e. The molecule has 0 saturated heterocycles. The highest BCUT2D eigenvalue weighted by atomic mass is 19.4. The zero-order valence-corrected chi connectivity index (χ0v) is 22.3. The molecule has 4 aromatic carbocycles. The third-order valence-electron chi connectivity index (χ3n) is 6.83. The van der Waals surface area contributed by atoms with Gasteiger partial charge in [-0.2, -0.15) is 26.3 Å². The van der Waals surface area contributed by atoms with Gasteiger partial charge >= 0.3 is 18.3 Å². The van der Waals surface area contributed by atoms with E-state index in [0.29, 0.717) is 24.1 Å². The number of hydrogen-bond acceptors (Lipinski definition) is 4. The maximum Gasteiger partial charge on any atom is 0.411 e. The molecular formula is C32H24F6O4. The lowest BCUT2D eigenvalue weighted by Crippen LogP contribution is -2.54. The van der Waals surface area contributed by atoms with Gasteiger partial charge < -0.3 is 9.47 Å². The number of esters is 1.